The number of hydrogen-bond acceptors (Lipinski definition) is 3. The van der Waals surface area contributed by atoms with Crippen molar-refractivity contribution in [3.8, 4) is 0 Å². The van der Waals surface area contributed by atoms with Crippen LogP contribution in [-0.4, -0.2) is 35.9 Å². The zero-order valence-corrected chi connectivity index (χ0v) is 7.84. The van der Waals surface area contributed by atoms with E-state index in [-0.39, 0.29) is 6.61 Å². The minimum Gasteiger partial charge on any atom is -0.481 e. The Hall–Kier alpha value is -0.610. The predicted molar refractivity (Wildman–Crippen MR) is 48.2 cm³/mol. The second-order valence-corrected chi connectivity index (χ2v) is 2.35. The van der Waals surface area contributed by atoms with Gasteiger partial charge in [0.25, 0.3) is 5.97 Å². The Balaban J connectivity index is 0. The van der Waals surface area contributed by atoms with Crippen LogP contribution in [0.3, 0.4) is 0 Å². The van der Waals surface area contributed by atoms with E-state index in [1.807, 2.05) is 0 Å². The summed E-state index contributed by atoms with van der Waals surface area (Å²) in [5.74, 6) is -0.833. The van der Waals surface area contributed by atoms with E-state index >= 15 is 0 Å². The minimum absolute atomic E-state index is 0.254. The first kappa shape index (κ1) is 13.9. The van der Waals surface area contributed by atoms with Gasteiger partial charge in [-0.3, -0.25) is 4.79 Å². The fourth-order valence-corrected chi connectivity index (χ4v) is 0.506. The summed E-state index contributed by atoms with van der Waals surface area (Å²) >= 11 is 0. The molecule has 0 atom stereocenters. The molecule has 0 aliphatic carbocycles. The molecule has 12 heavy (non-hydrogen) atoms. The van der Waals surface area contributed by atoms with Gasteiger partial charge in [-0.1, -0.05) is 13.3 Å². The molecule has 0 heterocycles. The Labute approximate surface area is 73.6 Å². The molecule has 0 spiro atoms. The first-order valence-corrected chi connectivity index (χ1v) is 4.16. The number of rotatable bonds is 5. The number of carboxylic acid groups (broad SMARTS) is 1. The van der Waals surface area contributed by atoms with E-state index in [0.717, 1.165) is 20.0 Å². The van der Waals surface area contributed by atoms with E-state index in [2.05, 4.69) is 12.2 Å². The maximum absolute atomic E-state index is 9.00. The second-order valence-electron chi connectivity index (χ2n) is 2.35. The third-order valence-electron chi connectivity index (χ3n) is 0.996. The molecule has 0 fully saturated rings. The van der Waals surface area contributed by atoms with Crippen molar-refractivity contribution in [1.82, 2.24) is 5.32 Å². The van der Waals surface area contributed by atoms with Crippen molar-refractivity contribution in [3.05, 3.63) is 0 Å². The van der Waals surface area contributed by atoms with Gasteiger partial charge in [-0.05, 0) is 13.0 Å². The summed E-state index contributed by atoms with van der Waals surface area (Å²) in [6, 6.07) is 0. The van der Waals surface area contributed by atoms with E-state index in [1.54, 1.807) is 0 Å². The van der Waals surface area contributed by atoms with E-state index in [1.165, 1.54) is 12.8 Å². The van der Waals surface area contributed by atoms with Crippen molar-refractivity contribution in [2.75, 3.05) is 19.7 Å². The normalized spacial score (nSPS) is 8.58. The molecule has 0 saturated heterocycles. The maximum atomic E-state index is 9.00. The quantitative estimate of drug-likeness (QED) is 0.534. The van der Waals surface area contributed by atoms with Crippen molar-refractivity contribution in [3.63, 3.8) is 0 Å². The number of nitrogens with one attached hydrogen (secondary N) is 1. The van der Waals surface area contributed by atoms with Gasteiger partial charge in [-0.25, -0.2) is 0 Å². The van der Waals surface area contributed by atoms with Crippen LogP contribution in [0.2, 0.25) is 0 Å². The summed E-state index contributed by atoms with van der Waals surface area (Å²) < 4.78 is 0. The lowest BCUT2D eigenvalue weighted by atomic mass is 10.3. The third kappa shape index (κ3) is 34.3. The number of hydrogen-bond donors (Lipinski definition) is 3. The number of unbranched alkanes of at least 4 members (excludes halogenated alkanes) is 1. The zero-order valence-electron chi connectivity index (χ0n) is 7.84. The zero-order chi connectivity index (χ0) is 9.82. The van der Waals surface area contributed by atoms with Crippen LogP contribution < -0.4 is 5.32 Å². The molecule has 74 valence electrons. The molecule has 0 bridgehead atoms. The Bertz CT molecular complexity index is 86.3. The van der Waals surface area contributed by atoms with E-state index in [0.29, 0.717) is 0 Å². The molecule has 0 aromatic rings. The Morgan fingerprint density at radius 3 is 2.25 bits per heavy atom. The van der Waals surface area contributed by atoms with Gasteiger partial charge in [0.15, 0.2) is 0 Å². The van der Waals surface area contributed by atoms with Gasteiger partial charge in [0.2, 0.25) is 0 Å². The van der Waals surface area contributed by atoms with Gasteiger partial charge in [0, 0.05) is 13.5 Å². The van der Waals surface area contributed by atoms with Crippen molar-refractivity contribution in [2.24, 2.45) is 0 Å². The number of aliphatic hydroxyl groups is 1. The van der Waals surface area contributed by atoms with Crippen LogP contribution in [-0.2, 0) is 4.79 Å². The van der Waals surface area contributed by atoms with Crippen LogP contribution in [0.5, 0.6) is 0 Å². The standard InChI is InChI=1S/C6H15NO.C2H4O2/c1-2-3-4-7-5-6-8;1-2(3)4/h7-8H,2-6H2,1H3;1H3,(H,3,4). The fraction of sp³-hybridized carbons (Fsp3) is 0.875. The highest BCUT2D eigenvalue weighted by atomic mass is 16.4. The SMILES string of the molecule is CC(=O)O.CCCCNCCO. The largest absolute Gasteiger partial charge is 0.481 e. The van der Waals surface area contributed by atoms with E-state index < -0.39 is 5.97 Å². The lowest BCUT2D eigenvalue weighted by molar-refractivity contribution is -0.134. The molecule has 0 amide bonds. The van der Waals surface area contributed by atoms with Crippen molar-refractivity contribution in [2.45, 2.75) is 26.7 Å². The molecule has 3 N–H and O–H groups in total. The summed E-state index contributed by atoms with van der Waals surface area (Å²) in [4.78, 5) is 9.00. The number of aliphatic hydroxyl groups excluding tert-OH is 1. The third-order valence-corrected chi connectivity index (χ3v) is 0.996. The van der Waals surface area contributed by atoms with Crippen LogP contribution in [0.15, 0.2) is 0 Å². The average Bonchev–Trinajstić information content (AvgIpc) is 1.97. The number of carboxylic acids is 1. The van der Waals surface area contributed by atoms with Gasteiger partial charge < -0.3 is 15.5 Å². The molecule has 0 aromatic carbocycles. The molecule has 0 rings (SSSR count). The summed E-state index contributed by atoms with van der Waals surface area (Å²) in [6.45, 7) is 5.27. The molecular weight excluding hydrogens is 158 g/mol. The Morgan fingerprint density at radius 2 is 1.92 bits per heavy atom. The summed E-state index contributed by atoms with van der Waals surface area (Å²) in [7, 11) is 0. The minimum atomic E-state index is -0.833. The monoisotopic (exact) mass is 177 g/mol. The molecule has 0 unspecified atom stereocenters. The number of aliphatic carboxylic acids is 1. The van der Waals surface area contributed by atoms with Crippen molar-refractivity contribution in [1.29, 1.82) is 0 Å². The Morgan fingerprint density at radius 1 is 1.42 bits per heavy atom. The highest BCUT2D eigenvalue weighted by molar-refractivity contribution is 5.62. The van der Waals surface area contributed by atoms with Gasteiger partial charge in [-0.15, -0.1) is 0 Å². The molecule has 0 radical (unpaired) electrons. The van der Waals surface area contributed by atoms with E-state index in [4.69, 9.17) is 15.0 Å². The average molecular weight is 177 g/mol. The highest BCUT2D eigenvalue weighted by Gasteiger charge is 1.81. The van der Waals surface area contributed by atoms with Gasteiger partial charge in [0.1, 0.15) is 0 Å². The molecule has 0 aromatic heterocycles. The molecular formula is C8H19NO3. The fourth-order valence-electron chi connectivity index (χ4n) is 0.506. The molecule has 4 heteroatoms. The first-order chi connectivity index (χ1) is 5.65. The van der Waals surface area contributed by atoms with Crippen LogP contribution in [0.25, 0.3) is 0 Å². The van der Waals surface area contributed by atoms with Gasteiger partial charge in [0.05, 0.1) is 6.61 Å². The first-order valence-electron chi connectivity index (χ1n) is 4.16. The van der Waals surface area contributed by atoms with Crippen LogP contribution in [0, 0.1) is 0 Å². The molecule has 0 aliphatic rings. The smallest absolute Gasteiger partial charge is 0.300 e. The van der Waals surface area contributed by atoms with Gasteiger partial charge >= 0.3 is 0 Å². The molecule has 4 nitrogen and oxygen atoms in total. The molecule has 0 aliphatic heterocycles. The second kappa shape index (κ2) is 13.0. The van der Waals surface area contributed by atoms with Crippen LogP contribution in [0.1, 0.15) is 26.7 Å². The highest BCUT2D eigenvalue weighted by Crippen LogP contribution is 1.80. The van der Waals surface area contributed by atoms with Crippen molar-refractivity contribution < 1.29 is 15.0 Å². The van der Waals surface area contributed by atoms with Crippen LogP contribution in [0.4, 0.5) is 0 Å². The summed E-state index contributed by atoms with van der Waals surface area (Å²) in [5.41, 5.74) is 0. The van der Waals surface area contributed by atoms with Crippen molar-refractivity contribution >= 4 is 5.97 Å². The summed E-state index contributed by atoms with van der Waals surface area (Å²) in [6.07, 6.45) is 2.43. The lowest BCUT2D eigenvalue weighted by Crippen LogP contribution is -2.18. The number of carbonyl (C=O) groups is 1. The van der Waals surface area contributed by atoms with E-state index in [9.17, 15) is 0 Å². The van der Waals surface area contributed by atoms with Crippen LogP contribution >= 0.6 is 0 Å². The maximum Gasteiger partial charge on any atom is 0.300 e. The Kier molecular flexibility index (Phi) is 15.1. The lowest BCUT2D eigenvalue weighted by Gasteiger charge is -1.97. The predicted octanol–water partition coefficient (Wildman–Crippen LogP) is 0.459. The summed E-state index contributed by atoms with van der Waals surface area (Å²) in [5, 5.41) is 18.8. The molecule has 0 saturated carbocycles. The topological polar surface area (TPSA) is 69.6 Å². The van der Waals surface area contributed by atoms with Gasteiger partial charge in [-0.2, -0.15) is 0 Å².